The lowest BCUT2D eigenvalue weighted by molar-refractivity contribution is -0.133. The summed E-state index contributed by atoms with van der Waals surface area (Å²) in [5.74, 6) is 0.705. The number of amides is 1. The summed E-state index contributed by atoms with van der Waals surface area (Å²) in [7, 11) is 3.95. The van der Waals surface area contributed by atoms with E-state index < -0.39 is 6.04 Å². The third-order valence-electron chi connectivity index (χ3n) is 5.65. The summed E-state index contributed by atoms with van der Waals surface area (Å²) in [4.78, 5) is 26.9. The number of carbonyl (C=O) groups is 2. The fourth-order valence-electron chi connectivity index (χ4n) is 3.95. The highest BCUT2D eigenvalue weighted by molar-refractivity contribution is 5.91. The van der Waals surface area contributed by atoms with Crippen LogP contribution in [0.1, 0.15) is 37.3 Å². The van der Waals surface area contributed by atoms with Crippen LogP contribution >= 0.6 is 0 Å². The van der Waals surface area contributed by atoms with E-state index in [-0.39, 0.29) is 29.6 Å². The second kappa shape index (κ2) is 7.98. The van der Waals surface area contributed by atoms with Gasteiger partial charge in [0.15, 0.2) is 5.78 Å². The van der Waals surface area contributed by atoms with Crippen LogP contribution in [-0.2, 0) is 19.7 Å². The van der Waals surface area contributed by atoms with Gasteiger partial charge in [-0.05, 0) is 33.5 Å². The molecule has 1 heterocycles. The zero-order valence-electron chi connectivity index (χ0n) is 16.7. The van der Waals surface area contributed by atoms with Crippen molar-refractivity contribution in [3.05, 3.63) is 29.3 Å². The summed E-state index contributed by atoms with van der Waals surface area (Å²) in [5.41, 5.74) is 2.06. The highest BCUT2D eigenvalue weighted by Crippen LogP contribution is 2.49. The SMILES string of the molecule is Cc1ccc2c(c1)[C@]1(C)CCC(=O)[C@H](NC(=O)CCOCCN(C)C)[C@@H]1O2. The van der Waals surface area contributed by atoms with Gasteiger partial charge in [-0.3, -0.25) is 9.59 Å². The zero-order valence-corrected chi connectivity index (χ0v) is 16.7. The fourth-order valence-corrected chi connectivity index (χ4v) is 3.95. The summed E-state index contributed by atoms with van der Waals surface area (Å²) in [6.45, 7) is 5.94. The van der Waals surface area contributed by atoms with E-state index in [1.807, 2.05) is 31.1 Å². The van der Waals surface area contributed by atoms with Gasteiger partial charge in [0.25, 0.3) is 0 Å². The van der Waals surface area contributed by atoms with Crippen molar-refractivity contribution in [2.24, 2.45) is 0 Å². The van der Waals surface area contributed by atoms with E-state index >= 15 is 0 Å². The van der Waals surface area contributed by atoms with Gasteiger partial charge in [-0.15, -0.1) is 0 Å². The maximum atomic E-state index is 12.6. The Morgan fingerprint density at radius 1 is 1.37 bits per heavy atom. The Morgan fingerprint density at radius 3 is 2.89 bits per heavy atom. The highest BCUT2D eigenvalue weighted by atomic mass is 16.5. The molecule has 1 aromatic carbocycles. The fraction of sp³-hybridized carbons (Fsp3) is 0.619. The Kier molecular flexibility index (Phi) is 5.86. The number of aryl methyl sites for hydroxylation is 1. The Hall–Kier alpha value is -1.92. The summed E-state index contributed by atoms with van der Waals surface area (Å²) < 4.78 is 11.6. The molecule has 1 fully saturated rings. The van der Waals surface area contributed by atoms with Gasteiger partial charge in [0, 0.05) is 30.4 Å². The van der Waals surface area contributed by atoms with Gasteiger partial charge in [-0.25, -0.2) is 0 Å². The molecule has 0 saturated heterocycles. The molecule has 0 radical (unpaired) electrons. The van der Waals surface area contributed by atoms with Crippen LogP contribution in [0.3, 0.4) is 0 Å². The third kappa shape index (κ3) is 4.17. The number of hydrogen-bond acceptors (Lipinski definition) is 5. The molecule has 1 aliphatic carbocycles. The van der Waals surface area contributed by atoms with Gasteiger partial charge in [-0.2, -0.15) is 0 Å². The first-order chi connectivity index (χ1) is 12.8. The quantitative estimate of drug-likeness (QED) is 0.738. The number of ether oxygens (including phenoxy) is 2. The van der Waals surface area contributed by atoms with E-state index in [4.69, 9.17) is 9.47 Å². The molecule has 3 atom stereocenters. The lowest BCUT2D eigenvalue weighted by Gasteiger charge is -2.39. The number of Topliss-reactive ketones (excluding diaryl/α,β-unsaturated/α-hetero) is 1. The molecule has 6 heteroatoms. The van der Waals surface area contributed by atoms with Crippen molar-refractivity contribution in [2.45, 2.75) is 50.7 Å². The molecule has 1 aliphatic heterocycles. The van der Waals surface area contributed by atoms with Crippen molar-refractivity contribution in [3.8, 4) is 5.75 Å². The number of ketones is 1. The van der Waals surface area contributed by atoms with Gasteiger partial charge < -0.3 is 19.7 Å². The van der Waals surface area contributed by atoms with Crippen molar-refractivity contribution in [1.29, 1.82) is 0 Å². The van der Waals surface area contributed by atoms with Crippen LogP contribution in [-0.4, -0.2) is 62.6 Å². The second-order valence-electron chi connectivity index (χ2n) is 8.13. The summed E-state index contributed by atoms with van der Waals surface area (Å²) >= 11 is 0. The van der Waals surface area contributed by atoms with Crippen molar-refractivity contribution < 1.29 is 19.1 Å². The summed E-state index contributed by atoms with van der Waals surface area (Å²) in [5, 5.41) is 2.91. The van der Waals surface area contributed by atoms with E-state index in [0.717, 1.165) is 24.3 Å². The second-order valence-corrected chi connectivity index (χ2v) is 8.13. The molecule has 148 valence electrons. The van der Waals surface area contributed by atoms with Crippen molar-refractivity contribution in [2.75, 3.05) is 33.9 Å². The van der Waals surface area contributed by atoms with Crippen LogP contribution in [0.4, 0.5) is 0 Å². The van der Waals surface area contributed by atoms with Gasteiger partial charge in [0.1, 0.15) is 17.9 Å². The van der Waals surface area contributed by atoms with Crippen LogP contribution < -0.4 is 10.1 Å². The van der Waals surface area contributed by atoms with Crippen LogP contribution in [0.15, 0.2) is 18.2 Å². The zero-order chi connectivity index (χ0) is 19.6. The molecule has 1 amide bonds. The van der Waals surface area contributed by atoms with E-state index in [0.29, 0.717) is 19.6 Å². The predicted molar refractivity (Wildman–Crippen MR) is 103 cm³/mol. The smallest absolute Gasteiger partial charge is 0.223 e. The molecular weight excluding hydrogens is 344 g/mol. The van der Waals surface area contributed by atoms with E-state index in [2.05, 4.69) is 25.2 Å². The molecular formula is C21H30N2O4. The molecule has 1 aromatic rings. The molecule has 0 aromatic heterocycles. The monoisotopic (exact) mass is 374 g/mol. The topological polar surface area (TPSA) is 67.9 Å². The van der Waals surface area contributed by atoms with Crippen LogP contribution in [0, 0.1) is 6.92 Å². The third-order valence-corrected chi connectivity index (χ3v) is 5.65. The molecule has 1 saturated carbocycles. The summed E-state index contributed by atoms with van der Waals surface area (Å²) in [6.07, 6.45) is 1.09. The lowest BCUT2D eigenvalue weighted by Crippen LogP contribution is -2.59. The molecule has 6 nitrogen and oxygen atoms in total. The van der Waals surface area contributed by atoms with Gasteiger partial charge in [0.2, 0.25) is 5.91 Å². The van der Waals surface area contributed by atoms with Crippen molar-refractivity contribution in [1.82, 2.24) is 10.2 Å². The number of benzene rings is 1. The minimum atomic E-state index is -0.606. The average Bonchev–Trinajstić information content (AvgIpc) is 2.90. The Labute approximate surface area is 161 Å². The number of nitrogens with zero attached hydrogens (tertiary/aromatic N) is 1. The van der Waals surface area contributed by atoms with Crippen LogP contribution in [0.5, 0.6) is 5.75 Å². The van der Waals surface area contributed by atoms with Gasteiger partial charge in [0.05, 0.1) is 13.2 Å². The van der Waals surface area contributed by atoms with E-state index in [1.165, 1.54) is 5.56 Å². The Balaban J connectivity index is 1.62. The number of nitrogens with one attached hydrogen (secondary N) is 1. The first-order valence-electron chi connectivity index (χ1n) is 9.63. The van der Waals surface area contributed by atoms with Crippen molar-refractivity contribution >= 4 is 11.7 Å². The van der Waals surface area contributed by atoms with Crippen LogP contribution in [0.25, 0.3) is 0 Å². The standard InChI is InChI=1S/C21H30N2O4/c1-14-5-6-17-15(13-14)21(2)9-7-16(24)19(20(21)27-17)22-18(25)8-11-26-12-10-23(3)4/h5-6,13,19-20H,7-12H2,1-4H3,(H,22,25)/t19-,20-,21-/m0/s1. The lowest BCUT2D eigenvalue weighted by atomic mass is 9.67. The number of likely N-dealkylation sites (N-methyl/N-ethyl adjacent to an activating group) is 1. The maximum absolute atomic E-state index is 12.6. The molecule has 3 rings (SSSR count). The number of carbonyl (C=O) groups excluding carboxylic acids is 2. The maximum Gasteiger partial charge on any atom is 0.223 e. The van der Waals surface area contributed by atoms with Crippen molar-refractivity contribution in [3.63, 3.8) is 0 Å². The molecule has 1 N–H and O–H groups in total. The number of rotatable bonds is 7. The van der Waals surface area contributed by atoms with Crippen LogP contribution in [0.2, 0.25) is 0 Å². The van der Waals surface area contributed by atoms with E-state index in [1.54, 1.807) is 0 Å². The first-order valence-corrected chi connectivity index (χ1v) is 9.63. The molecule has 0 spiro atoms. The number of fused-ring (bicyclic) bond motifs is 3. The minimum Gasteiger partial charge on any atom is -0.487 e. The average molecular weight is 374 g/mol. The highest BCUT2D eigenvalue weighted by Gasteiger charge is 2.54. The largest absolute Gasteiger partial charge is 0.487 e. The number of hydrogen-bond donors (Lipinski definition) is 1. The normalized spacial score (nSPS) is 26.5. The van der Waals surface area contributed by atoms with Gasteiger partial charge in [-0.1, -0.05) is 24.6 Å². The molecule has 2 aliphatic rings. The summed E-state index contributed by atoms with van der Waals surface area (Å²) in [6, 6.07) is 5.52. The van der Waals surface area contributed by atoms with E-state index in [9.17, 15) is 9.59 Å². The Bertz CT molecular complexity index is 718. The minimum absolute atomic E-state index is 0.0453. The molecule has 27 heavy (non-hydrogen) atoms. The predicted octanol–water partition coefficient (Wildman–Crippen LogP) is 1.83. The first kappa shape index (κ1) is 19.8. The molecule has 0 bridgehead atoms. The van der Waals surface area contributed by atoms with Gasteiger partial charge >= 0.3 is 0 Å². The Morgan fingerprint density at radius 2 is 2.15 bits per heavy atom. The molecule has 0 unspecified atom stereocenters.